The molecule has 1 nitrogen and oxygen atoms in total. The molecule has 0 aliphatic carbocycles. The summed E-state index contributed by atoms with van der Waals surface area (Å²) in [6, 6.07) is 3.68. The normalized spacial score (nSPS) is 11.3. The van der Waals surface area contributed by atoms with E-state index in [1.54, 1.807) is 6.07 Å². The van der Waals surface area contributed by atoms with Crippen molar-refractivity contribution < 1.29 is 4.42 Å². The molecule has 3 heteroatoms. The molecular formula is C6H2BrClO. The summed E-state index contributed by atoms with van der Waals surface area (Å²) < 4.78 is 6.10. The molecule has 0 saturated carbocycles. The van der Waals surface area contributed by atoms with E-state index < -0.39 is 0 Å². The molecule has 2 rings (SSSR count). The Balaban J connectivity index is 2.96. The van der Waals surface area contributed by atoms with E-state index in [-0.39, 0.29) is 0 Å². The van der Waals surface area contributed by atoms with Crippen LogP contribution in [0.2, 0.25) is 5.02 Å². The number of hydrogen-bond acceptors (Lipinski definition) is 1. The molecule has 9 heavy (non-hydrogen) atoms. The van der Waals surface area contributed by atoms with Crippen molar-refractivity contribution in [1.82, 2.24) is 0 Å². The van der Waals surface area contributed by atoms with Gasteiger partial charge in [-0.2, -0.15) is 0 Å². The SMILES string of the molecule is Clc1cc2cc(Br)c1o2. The first-order valence-electron chi connectivity index (χ1n) is 2.44. The summed E-state index contributed by atoms with van der Waals surface area (Å²) in [5, 5.41) is 0.680. The van der Waals surface area contributed by atoms with E-state index in [2.05, 4.69) is 15.9 Å². The number of fused-ring (bicyclic) bond motifs is 2. The standard InChI is InChI=1S/C6H2BrClO/c7-4-1-3-2-5(8)6(4)9-3/h1-2H. The van der Waals surface area contributed by atoms with Crippen molar-refractivity contribution in [1.29, 1.82) is 0 Å². The molecule has 0 radical (unpaired) electrons. The van der Waals surface area contributed by atoms with Gasteiger partial charge in [0.1, 0.15) is 5.58 Å². The number of furan rings is 2. The maximum atomic E-state index is 5.71. The van der Waals surface area contributed by atoms with Crippen LogP contribution in [0.4, 0.5) is 0 Å². The Hall–Kier alpha value is -0.210. The van der Waals surface area contributed by atoms with Gasteiger partial charge >= 0.3 is 0 Å². The van der Waals surface area contributed by atoms with Gasteiger partial charge < -0.3 is 4.42 Å². The molecule has 2 bridgehead atoms. The lowest BCUT2D eigenvalue weighted by Gasteiger charge is -1.80. The minimum absolute atomic E-state index is 0.680. The minimum Gasteiger partial charge on any atom is -0.455 e. The van der Waals surface area contributed by atoms with E-state index in [1.807, 2.05) is 6.07 Å². The molecule has 2 heterocycles. The molecule has 0 aliphatic heterocycles. The number of benzene rings is 1. The highest BCUT2D eigenvalue weighted by atomic mass is 79.9. The second-order valence-corrected chi connectivity index (χ2v) is 3.08. The zero-order valence-corrected chi connectivity index (χ0v) is 6.66. The lowest BCUT2D eigenvalue weighted by atomic mass is 10.4. The summed E-state index contributed by atoms with van der Waals surface area (Å²) in [5.41, 5.74) is 1.56. The van der Waals surface area contributed by atoms with Gasteiger partial charge in [0.05, 0.1) is 9.50 Å². The third kappa shape index (κ3) is 0.667. The van der Waals surface area contributed by atoms with Crippen molar-refractivity contribution in [2.24, 2.45) is 0 Å². The fourth-order valence-electron chi connectivity index (χ4n) is 0.811. The molecule has 0 fully saturated rings. The van der Waals surface area contributed by atoms with Crippen LogP contribution in [0.15, 0.2) is 21.0 Å². The highest BCUT2D eigenvalue weighted by Crippen LogP contribution is 2.33. The van der Waals surface area contributed by atoms with Crippen LogP contribution in [0, 0.1) is 0 Å². The topological polar surface area (TPSA) is 13.1 Å². The molecular weight excluding hydrogens is 203 g/mol. The maximum absolute atomic E-state index is 5.71. The zero-order chi connectivity index (χ0) is 6.43. The van der Waals surface area contributed by atoms with Crippen molar-refractivity contribution >= 4 is 38.7 Å². The maximum Gasteiger partial charge on any atom is 0.160 e. The van der Waals surface area contributed by atoms with E-state index in [4.69, 9.17) is 16.0 Å². The highest BCUT2D eigenvalue weighted by Gasteiger charge is 2.08. The second kappa shape index (κ2) is 1.64. The van der Waals surface area contributed by atoms with E-state index in [9.17, 15) is 0 Å². The summed E-state index contributed by atoms with van der Waals surface area (Å²) in [6.07, 6.45) is 0. The minimum atomic E-state index is 0.680. The third-order valence-electron chi connectivity index (χ3n) is 1.19. The van der Waals surface area contributed by atoms with Crippen molar-refractivity contribution in [2.75, 3.05) is 0 Å². The quantitative estimate of drug-likeness (QED) is 0.643. The molecule has 0 aromatic carbocycles. The van der Waals surface area contributed by atoms with Crippen LogP contribution in [0.1, 0.15) is 0 Å². The lowest BCUT2D eigenvalue weighted by molar-refractivity contribution is 0.674. The van der Waals surface area contributed by atoms with Gasteiger partial charge in [0, 0.05) is 6.07 Å². The van der Waals surface area contributed by atoms with Gasteiger partial charge in [-0.15, -0.1) is 0 Å². The van der Waals surface area contributed by atoms with E-state index >= 15 is 0 Å². The molecule has 0 spiro atoms. The molecule has 2 aromatic heterocycles. The van der Waals surface area contributed by atoms with Gasteiger partial charge in [-0.3, -0.25) is 0 Å². The fraction of sp³-hybridized carbons (Fsp3) is 0. The predicted octanol–water partition coefficient (Wildman–Crippen LogP) is 3.29. The van der Waals surface area contributed by atoms with Crippen molar-refractivity contribution in [2.45, 2.75) is 0 Å². The van der Waals surface area contributed by atoms with Crippen molar-refractivity contribution in [3.05, 3.63) is 21.6 Å². The average molecular weight is 205 g/mol. The predicted molar refractivity (Wildman–Crippen MR) is 40.1 cm³/mol. The molecule has 0 atom stereocenters. The molecule has 0 amide bonds. The van der Waals surface area contributed by atoms with Gasteiger partial charge in [-0.25, -0.2) is 0 Å². The Morgan fingerprint density at radius 2 is 2.22 bits per heavy atom. The molecule has 0 N–H and O–H groups in total. The van der Waals surface area contributed by atoms with Crippen LogP contribution < -0.4 is 0 Å². The monoisotopic (exact) mass is 204 g/mol. The van der Waals surface area contributed by atoms with Crippen LogP contribution in [-0.4, -0.2) is 0 Å². The van der Waals surface area contributed by atoms with Gasteiger partial charge in [0.25, 0.3) is 0 Å². The van der Waals surface area contributed by atoms with Gasteiger partial charge in [0.15, 0.2) is 5.58 Å². The highest BCUT2D eigenvalue weighted by molar-refractivity contribution is 9.10. The molecule has 2 aromatic rings. The smallest absolute Gasteiger partial charge is 0.160 e. The molecule has 46 valence electrons. The van der Waals surface area contributed by atoms with E-state index in [0.29, 0.717) is 5.02 Å². The summed E-state index contributed by atoms with van der Waals surface area (Å²) in [5.74, 6) is 0. The van der Waals surface area contributed by atoms with Gasteiger partial charge in [0.2, 0.25) is 0 Å². The Bertz CT molecular complexity index is 301. The lowest BCUT2D eigenvalue weighted by Crippen LogP contribution is -1.58. The van der Waals surface area contributed by atoms with Crippen LogP contribution in [0.5, 0.6) is 0 Å². The summed E-state index contributed by atoms with van der Waals surface area (Å²) in [4.78, 5) is 0. The van der Waals surface area contributed by atoms with Crippen LogP contribution >= 0.6 is 27.5 Å². The molecule has 0 unspecified atom stereocenters. The van der Waals surface area contributed by atoms with E-state index in [1.165, 1.54) is 0 Å². The van der Waals surface area contributed by atoms with E-state index in [0.717, 1.165) is 15.6 Å². The summed E-state index contributed by atoms with van der Waals surface area (Å²) in [7, 11) is 0. The number of rotatable bonds is 0. The van der Waals surface area contributed by atoms with Crippen molar-refractivity contribution in [3.63, 3.8) is 0 Å². The second-order valence-electron chi connectivity index (χ2n) is 1.82. The molecule has 0 saturated heterocycles. The zero-order valence-electron chi connectivity index (χ0n) is 4.32. The molecule has 0 aliphatic rings. The summed E-state index contributed by atoms with van der Waals surface area (Å²) in [6.45, 7) is 0. The fourth-order valence-corrected chi connectivity index (χ4v) is 1.69. The number of hydrogen-bond donors (Lipinski definition) is 0. The first-order valence-corrected chi connectivity index (χ1v) is 3.61. The van der Waals surface area contributed by atoms with Crippen LogP contribution in [0.25, 0.3) is 11.2 Å². The summed E-state index contributed by atoms with van der Waals surface area (Å²) >= 11 is 9.00. The third-order valence-corrected chi connectivity index (χ3v) is 2.06. The first-order chi connectivity index (χ1) is 4.27. The Morgan fingerprint density at radius 3 is 2.56 bits per heavy atom. The van der Waals surface area contributed by atoms with Crippen LogP contribution in [-0.2, 0) is 0 Å². The first kappa shape index (κ1) is 5.57. The van der Waals surface area contributed by atoms with Gasteiger partial charge in [-0.05, 0) is 22.0 Å². The average Bonchev–Trinajstić information content (AvgIpc) is 2.22. The Labute approximate surface area is 65.1 Å². The Kier molecular flexibility index (Phi) is 1.02. The van der Waals surface area contributed by atoms with Gasteiger partial charge in [-0.1, -0.05) is 11.6 Å². The van der Waals surface area contributed by atoms with Crippen LogP contribution in [0.3, 0.4) is 0 Å². The Morgan fingerprint density at radius 1 is 1.44 bits per heavy atom. The largest absolute Gasteiger partial charge is 0.455 e. The number of halogens is 2. The van der Waals surface area contributed by atoms with Crippen molar-refractivity contribution in [3.8, 4) is 0 Å².